The van der Waals surface area contributed by atoms with Gasteiger partial charge in [0.15, 0.2) is 0 Å². The molecule has 1 saturated heterocycles. The van der Waals surface area contributed by atoms with E-state index < -0.39 is 0 Å². The van der Waals surface area contributed by atoms with Crippen LogP contribution in [0.15, 0.2) is 42.5 Å². The number of rotatable bonds is 7. The monoisotopic (exact) mass is 450 g/mol. The molecular weight excluding hydrogens is 427 g/mol. The van der Waals surface area contributed by atoms with Gasteiger partial charge in [0, 0.05) is 26.2 Å². The SMILES string of the molecule is COc1cccc(CC(=O)N2CCN(C(=O)CCOc3cccc(Cl)c3Cl)CC2)c1. The molecule has 0 unspecified atom stereocenters. The minimum Gasteiger partial charge on any atom is -0.497 e. The highest BCUT2D eigenvalue weighted by Gasteiger charge is 2.24. The normalized spacial score (nSPS) is 13.8. The number of carbonyl (C=O) groups excluding carboxylic acids is 2. The predicted octanol–water partition coefficient (Wildman–Crippen LogP) is 3.68. The molecule has 1 aliphatic rings. The lowest BCUT2D eigenvalue weighted by Gasteiger charge is -2.35. The van der Waals surface area contributed by atoms with E-state index in [-0.39, 0.29) is 24.8 Å². The van der Waals surface area contributed by atoms with Crippen molar-refractivity contribution in [1.82, 2.24) is 9.80 Å². The highest BCUT2D eigenvalue weighted by molar-refractivity contribution is 6.42. The first kappa shape index (κ1) is 22.2. The minimum absolute atomic E-state index is 0.00644. The number of methoxy groups -OCH3 is 1. The summed E-state index contributed by atoms with van der Waals surface area (Å²) in [6.07, 6.45) is 0.556. The molecule has 2 aromatic rings. The average molecular weight is 451 g/mol. The fraction of sp³-hybridized carbons (Fsp3) is 0.364. The van der Waals surface area contributed by atoms with Crippen LogP contribution in [0.4, 0.5) is 0 Å². The van der Waals surface area contributed by atoms with Crippen LogP contribution in [0.1, 0.15) is 12.0 Å². The van der Waals surface area contributed by atoms with Gasteiger partial charge >= 0.3 is 0 Å². The molecule has 0 atom stereocenters. The van der Waals surface area contributed by atoms with Gasteiger partial charge in [0.2, 0.25) is 11.8 Å². The number of benzene rings is 2. The first-order chi connectivity index (χ1) is 14.5. The average Bonchev–Trinajstić information content (AvgIpc) is 2.76. The second kappa shape index (κ2) is 10.5. The molecule has 3 rings (SSSR count). The van der Waals surface area contributed by atoms with Gasteiger partial charge in [-0.05, 0) is 29.8 Å². The molecule has 2 aromatic carbocycles. The molecule has 160 valence electrons. The molecule has 0 radical (unpaired) electrons. The number of ether oxygens (including phenoxy) is 2. The van der Waals surface area contributed by atoms with Crippen molar-refractivity contribution in [2.24, 2.45) is 0 Å². The largest absolute Gasteiger partial charge is 0.497 e. The number of piperazine rings is 1. The molecule has 30 heavy (non-hydrogen) atoms. The van der Waals surface area contributed by atoms with Crippen LogP contribution in [0.3, 0.4) is 0 Å². The van der Waals surface area contributed by atoms with Crippen LogP contribution >= 0.6 is 23.2 Å². The Morgan fingerprint density at radius 3 is 2.33 bits per heavy atom. The van der Waals surface area contributed by atoms with Crippen LogP contribution < -0.4 is 9.47 Å². The Balaban J connectivity index is 1.42. The fourth-order valence-electron chi connectivity index (χ4n) is 3.28. The van der Waals surface area contributed by atoms with E-state index in [0.29, 0.717) is 48.4 Å². The molecule has 0 spiro atoms. The summed E-state index contributed by atoms with van der Waals surface area (Å²) < 4.78 is 10.8. The maximum Gasteiger partial charge on any atom is 0.227 e. The molecule has 6 nitrogen and oxygen atoms in total. The lowest BCUT2D eigenvalue weighted by Crippen LogP contribution is -2.51. The van der Waals surface area contributed by atoms with E-state index >= 15 is 0 Å². The summed E-state index contributed by atoms with van der Waals surface area (Å²) >= 11 is 12.0. The van der Waals surface area contributed by atoms with Crippen LogP contribution in [0.25, 0.3) is 0 Å². The molecule has 0 saturated carbocycles. The van der Waals surface area contributed by atoms with E-state index in [1.165, 1.54) is 0 Å². The zero-order valence-corrected chi connectivity index (χ0v) is 18.3. The van der Waals surface area contributed by atoms with Gasteiger partial charge in [0.05, 0.1) is 31.6 Å². The van der Waals surface area contributed by atoms with E-state index in [9.17, 15) is 9.59 Å². The zero-order chi connectivity index (χ0) is 21.5. The number of hydrogen-bond acceptors (Lipinski definition) is 4. The van der Waals surface area contributed by atoms with E-state index in [1.807, 2.05) is 24.3 Å². The Bertz CT molecular complexity index is 898. The van der Waals surface area contributed by atoms with Gasteiger partial charge in [0.25, 0.3) is 0 Å². The second-order valence-corrected chi connectivity index (χ2v) is 7.73. The maximum absolute atomic E-state index is 12.6. The Morgan fingerprint density at radius 1 is 0.967 bits per heavy atom. The van der Waals surface area contributed by atoms with Crippen LogP contribution in [0, 0.1) is 0 Å². The van der Waals surface area contributed by atoms with Gasteiger partial charge in [-0.2, -0.15) is 0 Å². The summed E-state index contributed by atoms with van der Waals surface area (Å²) in [5.41, 5.74) is 0.912. The minimum atomic E-state index is -0.00644. The summed E-state index contributed by atoms with van der Waals surface area (Å²) in [5, 5.41) is 0.755. The summed E-state index contributed by atoms with van der Waals surface area (Å²) in [7, 11) is 1.60. The lowest BCUT2D eigenvalue weighted by molar-refractivity contribution is -0.139. The summed E-state index contributed by atoms with van der Waals surface area (Å²) in [4.78, 5) is 28.6. The highest BCUT2D eigenvalue weighted by Crippen LogP contribution is 2.31. The molecule has 0 aliphatic carbocycles. The standard InChI is InChI=1S/C22H24Cl2N2O4/c1-29-17-5-2-4-16(14-17)15-21(28)26-11-9-25(10-12-26)20(27)8-13-30-19-7-3-6-18(23)22(19)24/h2-7,14H,8-13,15H2,1H3. The predicted molar refractivity (Wildman–Crippen MR) is 116 cm³/mol. The fourth-order valence-corrected chi connectivity index (χ4v) is 3.62. The molecule has 1 fully saturated rings. The Kier molecular flexibility index (Phi) is 7.82. The first-order valence-electron chi connectivity index (χ1n) is 9.73. The van der Waals surface area contributed by atoms with Crippen molar-refractivity contribution in [3.05, 3.63) is 58.1 Å². The van der Waals surface area contributed by atoms with Crippen LogP contribution in [-0.2, 0) is 16.0 Å². The van der Waals surface area contributed by atoms with E-state index in [2.05, 4.69) is 0 Å². The molecule has 0 bridgehead atoms. The molecule has 1 aliphatic heterocycles. The molecule has 0 N–H and O–H groups in total. The van der Waals surface area contributed by atoms with E-state index in [0.717, 1.165) is 11.3 Å². The van der Waals surface area contributed by atoms with E-state index in [1.54, 1.807) is 35.1 Å². The lowest BCUT2D eigenvalue weighted by atomic mass is 10.1. The van der Waals surface area contributed by atoms with Crippen LogP contribution in [0.5, 0.6) is 11.5 Å². The molecule has 0 aromatic heterocycles. The van der Waals surface area contributed by atoms with Crippen molar-refractivity contribution in [3.8, 4) is 11.5 Å². The van der Waals surface area contributed by atoms with Crippen molar-refractivity contribution in [3.63, 3.8) is 0 Å². The molecule has 2 amide bonds. The van der Waals surface area contributed by atoms with Gasteiger partial charge in [-0.1, -0.05) is 41.4 Å². The number of hydrogen-bond donors (Lipinski definition) is 0. The quantitative estimate of drug-likeness (QED) is 0.645. The smallest absolute Gasteiger partial charge is 0.227 e. The van der Waals surface area contributed by atoms with Crippen molar-refractivity contribution in [2.75, 3.05) is 39.9 Å². The highest BCUT2D eigenvalue weighted by atomic mass is 35.5. The third-order valence-corrected chi connectivity index (χ3v) is 5.77. The van der Waals surface area contributed by atoms with Gasteiger partial charge in [-0.3, -0.25) is 9.59 Å². The Morgan fingerprint density at radius 2 is 1.63 bits per heavy atom. The van der Waals surface area contributed by atoms with Crippen LogP contribution in [-0.4, -0.2) is 61.5 Å². The first-order valence-corrected chi connectivity index (χ1v) is 10.5. The number of amides is 2. The summed E-state index contributed by atoms with van der Waals surface area (Å²) in [6.45, 7) is 2.29. The summed E-state index contributed by atoms with van der Waals surface area (Å²) in [6, 6.07) is 12.6. The van der Waals surface area contributed by atoms with Crippen molar-refractivity contribution >= 4 is 35.0 Å². The maximum atomic E-state index is 12.6. The van der Waals surface area contributed by atoms with Gasteiger partial charge < -0.3 is 19.3 Å². The van der Waals surface area contributed by atoms with Gasteiger partial charge in [-0.15, -0.1) is 0 Å². The van der Waals surface area contributed by atoms with Gasteiger partial charge in [0.1, 0.15) is 16.5 Å². The second-order valence-electron chi connectivity index (χ2n) is 6.94. The topological polar surface area (TPSA) is 59.1 Å². The zero-order valence-electron chi connectivity index (χ0n) is 16.8. The molecular formula is C22H24Cl2N2O4. The molecule has 1 heterocycles. The number of halogens is 2. The van der Waals surface area contributed by atoms with Gasteiger partial charge in [-0.25, -0.2) is 0 Å². The third kappa shape index (κ3) is 5.80. The number of carbonyl (C=O) groups is 2. The van der Waals surface area contributed by atoms with Crippen molar-refractivity contribution in [2.45, 2.75) is 12.8 Å². The Hall–Kier alpha value is -2.44. The summed E-state index contributed by atoms with van der Waals surface area (Å²) in [5.74, 6) is 1.24. The van der Waals surface area contributed by atoms with E-state index in [4.69, 9.17) is 32.7 Å². The van der Waals surface area contributed by atoms with Crippen molar-refractivity contribution in [1.29, 1.82) is 0 Å². The third-order valence-electron chi connectivity index (χ3n) is 4.96. The molecule has 8 heteroatoms. The Labute approximate surface area is 186 Å². The van der Waals surface area contributed by atoms with Crippen LogP contribution in [0.2, 0.25) is 10.0 Å². The number of nitrogens with zero attached hydrogens (tertiary/aromatic N) is 2. The van der Waals surface area contributed by atoms with Crippen molar-refractivity contribution < 1.29 is 19.1 Å².